The summed E-state index contributed by atoms with van der Waals surface area (Å²) < 4.78 is 11.5. The molecule has 1 saturated heterocycles. The van der Waals surface area contributed by atoms with E-state index in [0.29, 0.717) is 45.1 Å². The van der Waals surface area contributed by atoms with Gasteiger partial charge in [0.2, 0.25) is 23.6 Å². The van der Waals surface area contributed by atoms with Gasteiger partial charge >= 0.3 is 5.97 Å². The van der Waals surface area contributed by atoms with E-state index in [9.17, 15) is 43.5 Å². The van der Waals surface area contributed by atoms with E-state index in [2.05, 4.69) is 16.0 Å². The number of imide groups is 1. The van der Waals surface area contributed by atoms with Crippen LogP contribution in [0.15, 0.2) is 53.8 Å². The summed E-state index contributed by atoms with van der Waals surface area (Å²) >= 11 is 0. The lowest BCUT2D eigenvalue weighted by Gasteiger charge is -2.34. The molecule has 0 radical (unpaired) electrons. The molecular formula is C46H68N6O11. The van der Waals surface area contributed by atoms with Crippen LogP contribution in [0, 0.1) is 11.8 Å². The first kappa shape index (κ1) is 51.8. The molecular weight excluding hydrogens is 813 g/mol. The van der Waals surface area contributed by atoms with E-state index in [4.69, 9.17) is 9.47 Å². The Morgan fingerprint density at radius 3 is 2.10 bits per heavy atom. The van der Waals surface area contributed by atoms with Gasteiger partial charge in [0.05, 0.1) is 37.3 Å². The number of methoxy groups -OCH3 is 2. The van der Waals surface area contributed by atoms with Gasteiger partial charge in [-0.2, -0.15) is 0 Å². The molecule has 1 aromatic carbocycles. The largest absolute Gasteiger partial charge is 0.498 e. The van der Waals surface area contributed by atoms with Gasteiger partial charge in [0.25, 0.3) is 17.7 Å². The predicted octanol–water partition coefficient (Wildman–Crippen LogP) is 3.12. The highest BCUT2D eigenvalue weighted by Gasteiger charge is 2.38. The number of aliphatic carboxylic acids is 1. The van der Waals surface area contributed by atoms with Crippen molar-refractivity contribution in [2.45, 2.75) is 136 Å². The third-order valence-corrected chi connectivity index (χ3v) is 11.7. The van der Waals surface area contributed by atoms with Gasteiger partial charge in [-0.3, -0.25) is 38.5 Å². The lowest BCUT2D eigenvalue weighted by Crippen LogP contribution is -2.59. The van der Waals surface area contributed by atoms with Crippen molar-refractivity contribution in [1.82, 2.24) is 30.7 Å². The lowest BCUT2D eigenvalue weighted by molar-refractivity contribution is -0.142. The van der Waals surface area contributed by atoms with Crippen molar-refractivity contribution in [3.63, 3.8) is 0 Å². The molecule has 6 atom stereocenters. The molecule has 17 heteroatoms. The van der Waals surface area contributed by atoms with E-state index in [1.54, 1.807) is 50.1 Å². The minimum atomic E-state index is -1.19. The van der Waals surface area contributed by atoms with Crippen LogP contribution < -0.4 is 16.0 Å². The Labute approximate surface area is 371 Å². The third kappa shape index (κ3) is 14.5. The molecule has 7 amide bonds. The quantitative estimate of drug-likeness (QED) is 0.0484. The van der Waals surface area contributed by atoms with Gasteiger partial charge in [0.1, 0.15) is 23.9 Å². The molecule has 0 saturated carbocycles. The van der Waals surface area contributed by atoms with E-state index in [0.717, 1.165) is 10.5 Å². The number of carboxylic acids is 1. The molecule has 2 aliphatic heterocycles. The molecule has 1 fully saturated rings. The van der Waals surface area contributed by atoms with Crippen LogP contribution in [0.5, 0.6) is 0 Å². The second-order valence-electron chi connectivity index (χ2n) is 16.9. The number of carbonyl (C=O) groups excluding carboxylic acids is 7. The van der Waals surface area contributed by atoms with E-state index in [1.165, 1.54) is 38.2 Å². The Kier molecular flexibility index (Phi) is 20.5. The molecule has 348 valence electrons. The van der Waals surface area contributed by atoms with Gasteiger partial charge < -0.3 is 40.3 Å². The maximum absolute atomic E-state index is 14.0. The first-order chi connectivity index (χ1) is 29.9. The second-order valence-corrected chi connectivity index (χ2v) is 16.9. The molecule has 2 heterocycles. The Morgan fingerprint density at radius 2 is 1.54 bits per heavy atom. The Morgan fingerprint density at radius 1 is 0.889 bits per heavy atom. The number of carbonyl (C=O) groups is 8. The van der Waals surface area contributed by atoms with Crippen LogP contribution >= 0.6 is 0 Å². The monoisotopic (exact) mass is 880 g/mol. The minimum Gasteiger partial charge on any atom is -0.498 e. The number of likely N-dealkylation sites (N-methyl/N-ethyl adjacent to an activating group) is 1. The number of hydrogen-bond acceptors (Lipinski definition) is 10. The van der Waals surface area contributed by atoms with Gasteiger partial charge in [-0.25, -0.2) is 4.79 Å². The van der Waals surface area contributed by atoms with Crippen LogP contribution in [-0.4, -0.2) is 138 Å². The van der Waals surface area contributed by atoms with Gasteiger partial charge in [0, 0.05) is 52.2 Å². The molecule has 2 aliphatic rings. The standard InChI is InChI=1S/C46H68N6O11/c1-10-32(47-44(58)40(28(2)3)49-45(59)41(29(4)5)50(7)36(53)21-15-12-16-24-52-37(54)22-23-38(52)55)35(62-8)27-39(56)51-25-17-20-34(51)42(63-9)30(6)43(57)48-33(46(60)61)26-31-18-13-11-14-19-31/h11,13-14,18-19,22-23,28-29,32-35,40-41H,10,12,15-17,20-21,24-27H2,1-9H3,(H,47,58)(H,48,57)(H,49,59)(H,60,61)/b42-30-/t32-,33-,34-,35+,40-,41?/m0/s1. The van der Waals surface area contributed by atoms with Gasteiger partial charge in [-0.15, -0.1) is 0 Å². The third-order valence-electron chi connectivity index (χ3n) is 11.7. The topological polar surface area (TPSA) is 221 Å². The van der Waals surface area contributed by atoms with E-state index < -0.39 is 60.0 Å². The van der Waals surface area contributed by atoms with Crippen LogP contribution in [0.2, 0.25) is 0 Å². The van der Waals surface area contributed by atoms with Crippen molar-refractivity contribution in [2.75, 3.05) is 34.4 Å². The summed E-state index contributed by atoms with van der Waals surface area (Å²) in [6.07, 6.45) is 5.03. The molecule has 0 aromatic heterocycles. The van der Waals surface area contributed by atoms with Crippen molar-refractivity contribution in [3.8, 4) is 0 Å². The fraction of sp³-hybridized carbons (Fsp3) is 0.609. The normalized spacial score (nSPS) is 17.8. The first-order valence-electron chi connectivity index (χ1n) is 21.9. The van der Waals surface area contributed by atoms with Crippen molar-refractivity contribution in [2.24, 2.45) is 11.8 Å². The number of unbranched alkanes of at least 4 members (excludes halogenated alkanes) is 2. The number of ether oxygens (including phenoxy) is 2. The van der Waals surface area contributed by atoms with Gasteiger partial charge in [0.15, 0.2) is 0 Å². The zero-order valence-electron chi connectivity index (χ0n) is 38.3. The summed E-state index contributed by atoms with van der Waals surface area (Å²) in [5.41, 5.74) is 0.899. The van der Waals surface area contributed by atoms with E-state index in [-0.39, 0.29) is 72.6 Å². The number of rotatable bonds is 25. The smallest absolute Gasteiger partial charge is 0.326 e. The Balaban J connectivity index is 1.64. The van der Waals surface area contributed by atoms with Crippen LogP contribution in [0.25, 0.3) is 0 Å². The summed E-state index contributed by atoms with van der Waals surface area (Å²) in [6, 6.07) is 4.70. The molecule has 17 nitrogen and oxygen atoms in total. The van der Waals surface area contributed by atoms with Crippen LogP contribution in [0.3, 0.4) is 0 Å². The lowest BCUT2D eigenvalue weighted by atomic mass is 9.97. The molecule has 0 aliphatic carbocycles. The maximum atomic E-state index is 14.0. The number of nitrogens with zero attached hydrogens (tertiary/aromatic N) is 3. The molecule has 1 aromatic rings. The number of hydrogen-bond donors (Lipinski definition) is 4. The highest BCUT2D eigenvalue weighted by Crippen LogP contribution is 2.28. The van der Waals surface area contributed by atoms with Crippen LogP contribution in [0.4, 0.5) is 0 Å². The van der Waals surface area contributed by atoms with Gasteiger partial charge in [-0.1, -0.05) is 71.4 Å². The Bertz CT molecular complexity index is 1830. The summed E-state index contributed by atoms with van der Waals surface area (Å²) in [5, 5.41) is 18.3. The molecule has 3 rings (SSSR count). The average Bonchev–Trinajstić information content (AvgIpc) is 3.86. The molecule has 0 bridgehead atoms. The number of benzene rings is 1. The van der Waals surface area contributed by atoms with E-state index >= 15 is 0 Å². The Hall–Kier alpha value is -5.58. The molecule has 4 N–H and O–H groups in total. The average molecular weight is 881 g/mol. The maximum Gasteiger partial charge on any atom is 0.326 e. The van der Waals surface area contributed by atoms with Crippen molar-refractivity contribution >= 4 is 47.3 Å². The second kappa shape index (κ2) is 24.9. The highest BCUT2D eigenvalue weighted by atomic mass is 16.5. The molecule has 0 spiro atoms. The van der Waals surface area contributed by atoms with E-state index in [1.807, 2.05) is 26.8 Å². The SMILES string of the molecule is CC[C@H](NC(=O)[C@@H](NC(=O)C(C(C)C)N(C)C(=O)CCCCCN1C(=O)C=CC1=O)C(C)C)[C@@H](CC(=O)N1CCC[C@H]1/C(OC)=C(\C)C(=O)N[C@@H](Cc1ccccc1)C(=O)O)OC. The van der Waals surface area contributed by atoms with Crippen molar-refractivity contribution < 1.29 is 52.9 Å². The zero-order valence-corrected chi connectivity index (χ0v) is 38.3. The van der Waals surface area contributed by atoms with Crippen LogP contribution in [0.1, 0.15) is 98.5 Å². The number of amides is 7. The number of carboxylic acid groups (broad SMARTS) is 1. The number of nitrogens with one attached hydrogen (secondary N) is 3. The van der Waals surface area contributed by atoms with Crippen LogP contribution in [-0.2, 0) is 54.3 Å². The highest BCUT2D eigenvalue weighted by molar-refractivity contribution is 6.12. The van der Waals surface area contributed by atoms with Crippen molar-refractivity contribution in [3.05, 3.63) is 59.4 Å². The molecule has 1 unspecified atom stereocenters. The fourth-order valence-electron chi connectivity index (χ4n) is 8.12. The molecule has 63 heavy (non-hydrogen) atoms. The minimum absolute atomic E-state index is 0.0809. The summed E-state index contributed by atoms with van der Waals surface area (Å²) in [5.74, 6) is -4.38. The fourth-order valence-corrected chi connectivity index (χ4v) is 8.12. The predicted molar refractivity (Wildman–Crippen MR) is 234 cm³/mol. The van der Waals surface area contributed by atoms with Gasteiger partial charge in [-0.05, 0) is 56.4 Å². The zero-order chi connectivity index (χ0) is 47.0. The summed E-state index contributed by atoms with van der Waals surface area (Å²) in [6.45, 7) is 11.3. The summed E-state index contributed by atoms with van der Waals surface area (Å²) in [7, 11) is 4.42. The van der Waals surface area contributed by atoms with Crippen molar-refractivity contribution in [1.29, 1.82) is 0 Å². The number of likely N-dealkylation sites (tertiary alicyclic amines) is 1. The summed E-state index contributed by atoms with van der Waals surface area (Å²) in [4.78, 5) is 108. The first-order valence-corrected chi connectivity index (χ1v) is 21.9.